The number of aromatic nitrogens is 2. The molecule has 0 N–H and O–H groups in total. The second-order valence-electron chi connectivity index (χ2n) is 4.93. The monoisotopic (exact) mass is 337 g/mol. The van der Waals surface area contributed by atoms with E-state index >= 15 is 0 Å². The van der Waals surface area contributed by atoms with E-state index in [9.17, 15) is 17.6 Å². The van der Waals surface area contributed by atoms with Gasteiger partial charge in [0.2, 0.25) is 5.82 Å². The van der Waals surface area contributed by atoms with Crippen molar-refractivity contribution in [3.8, 4) is 22.9 Å². The maximum absolute atomic E-state index is 13.4. The normalized spacial score (nSPS) is 11.5. The summed E-state index contributed by atoms with van der Waals surface area (Å²) in [6, 6.07) is 11.1. The molecule has 1 heterocycles. The second-order valence-corrected chi connectivity index (χ2v) is 4.93. The Morgan fingerprint density at radius 3 is 2.62 bits per heavy atom. The summed E-state index contributed by atoms with van der Waals surface area (Å²) in [5.74, 6) is -1.72. The molecule has 8 heteroatoms. The van der Waals surface area contributed by atoms with Gasteiger partial charge in [0.1, 0.15) is 17.3 Å². The highest BCUT2D eigenvalue weighted by Crippen LogP contribution is 2.31. The van der Waals surface area contributed by atoms with Gasteiger partial charge in [-0.3, -0.25) is 0 Å². The lowest BCUT2D eigenvalue weighted by Crippen LogP contribution is -2.04. The predicted molar refractivity (Wildman–Crippen MR) is 74.8 cm³/mol. The fourth-order valence-electron chi connectivity index (χ4n) is 1.99. The molecule has 123 valence electrons. The summed E-state index contributed by atoms with van der Waals surface area (Å²) < 4.78 is 60.5. The summed E-state index contributed by atoms with van der Waals surface area (Å²) in [7, 11) is 0. The topological polar surface area (TPSA) is 48.2 Å². The minimum atomic E-state index is -4.72. The van der Waals surface area contributed by atoms with Gasteiger partial charge in [-0.05, 0) is 36.8 Å². The zero-order valence-electron chi connectivity index (χ0n) is 12.2. The zero-order chi connectivity index (χ0) is 17.3. The Morgan fingerprint density at radius 2 is 1.96 bits per heavy atom. The molecule has 0 fully saturated rings. The van der Waals surface area contributed by atoms with Crippen LogP contribution in [0.5, 0.6) is 11.5 Å². The molecule has 0 spiro atoms. The fraction of sp³-hybridized carbons (Fsp3) is 0.125. The van der Waals surface area contributed by atoms with Gasteiger partial charge >= 0.3 is 12.1 Å². The first-order chi connectivity index (χ1) is 11.3. The van der Waals surface area contributed by atoms with Crippen LogP contribution in [-0.4, -0.2) is 10.1 Å². The lowest BCUT2D eigenvalue weighted by atomic mass is 10.2. The zero-order valence-corrected chi connectivity index (χ0v) is 12.2. The molecule has 3 aromatic rings. The lowest BCUT2D eigenvalue weighted by Gasteiger charge is -2.07. The molecule has 0 aliphatic rings. The third kappa shape index (κ3) is 3.53. The van der Waals surface area contributed by atoms with Crippen LogP contribution in [0.15, 0.2) is 40.9 Å². The van der Waals surface area contributed by atoms with Crippen LogP contribution in [0.3, 0.4) is 0 Å². The number of benzene rings is 2. The molecule has 0 amide bonds. The third-order valence-electron chi connectivity index (χ3n) is 2.95. The van der Waals surface area contributed by atoms with E-state index in [0.717, 1.165) is 0 Å². The predicted octanol–water partition coefficient (Wildman–Crippen LogP) is 4.80. The Balaban J connectivity index is 1.88. The Labute approximate surface area is 133 Å². The number of aryl methyl sites for hydroxylation is 1. The number of ether oxygens (including phenoxy) is 1. The Hall–Kier alpha value is -2.90. The van der Waals surface area contributed by atoms with Crippen LogP contribution in [0.2, 0.25) is 0 Å². The highest BCUT2D eigenvalue weighted by molar-refractivity contribution is 5.57. The molecule has 0 aliphatic heterocycles. The summed E-state index contributed by atoms with van der Waals surface area (Å²) in [4.78, 5) is 3.30. The summed E-state index contributed by atoms with van der Waals surface area (Å²) in [5.41, 5.74) is 0.908. The minimum absolute atomic E-state index is 0.177. The van der Waals surface area contributed by atoms with E-state index in [1.165, 1.54) is 30.3 Å². The van der Waals surface area contributed by atoms with Crippen LogP contribution < -0.4 is 4.74 Å². The molecule has 0 atom stereocenters. The maximum Gasteiger partial charge on any atom is 0.471 e. The molecule has 0 aliphatic carbocycles. The highest BCUT2D eigenvalue weighted by Gasteiger charge is 2.38. The molecule has 0 saturated carbocycles. The van der Waals surface area contributed by atoms with Gasteiger partial charge in [0, 0.05) is 17.7 Å². The van der Waals surface area contributed by atoms with E-state index in [2.05, 4.69) is 20.7 Å². The van der Waals surface area contributed by atoms with Crippen molar-refractivity contribution in [2.24, 2.45) is 0 Å². The van der Waals surface area contributed by atoms with Gasteiger partial charge in [-0.25, -0.2) is 4.39 Å². The largest absolute Gasteiger partial charge is 0.471 e. The molecule has 0 bridgehead atoms. The standard InChI is InChI=1S/C16H9F4N2O2/c1-9-5-11(17)8-13(6-9)23-12-4-2-3-10(7-12)14-21-15(24-22-14)16(18,19)20/h2-3,5-8H,1H3. The van der Waals surface area contributed by atoms with Crippen molar-refractivity contribution in [1.82, 2.24) is 10.1 Å². The van der Waals surface area contributed by atoms with Gasteiger partial charge in [-0.1, -0.05) is 11.2 Å². The van der Waals surface area contributed by atoms with Crippen LogP contribution in [0, 0.1) is 18.8 Å². The molecule has 0 saturated heterocycles. The summed E-state index contributed by atoms with van der Waals surface area (Å²) in [5, 5.41) is 3.29. The fourth-order valence-corrected chi connectivity index (χ4v) is 1.99. The number of nitrogens with zero attached hydrogens (tertiary/aromatic N) is 2. The van der Waals surface area contributed by atoms with Crippen LogP contribution >= 0.6 is 0 Å². The van der Waals surface area contributed by atoms with Crippen LogP contribution in [0.1, 0.15) is 11.5 Å². The van der Waals surface area contributed by atoms with Crippen molar-refractivity contribution in [2.75, 3.05) is 0 Å². The maximum atomic E-state index is 13.4. The van der Waals surface area contributed by atoms with Crippen LogP contribution in [0.4, 0.5) is 17.6 Å². The number of hydrogen-bond acceptors (Lipinski definition) is 4. The first-order valence-corrected chi connectivity index (χ1v) is 6.69. The Kier molecular flexibility index (Phi) is 3.96. The number of halogens is 4. The number of rotatable bonds is 3. The first kappa shape index (κ1) is 16.0. The molecule has 1 radical (unpaired) electrons. The molecule has 1 aromatic heterocycles. The van der Waals surface area contributed by atoms with E-state index in [1.807, 2.05) is 0 Å². The first-order valence-electron chi connectivity index (χ1n) is 6.69. The molecule has 2 aromatic carbocycles. The van der Waals surface area contributed by atoms with E-state index in [-0.39, 0.29) is 22.9 Å². The van der Waals surface area contributed by atoms with Crippen molar-refractivity contribution in [2.45, 2.75) is 13.1 Å². The Morgan fingerprint density at radius 1 is 1.17 bits per heavy atom. The quantitative estimate of drug-likeness (QED) is 0.645. The number of alkyl halides is 3. The van der Waals surface area contributed by atoms with Gasteiger partial charge in [0.05, 0.1) is 0 Å². The average molecular weight is 337 g/mol. The second kappa shape index (κ2) is 5.95. The summed E-state index contributed by atoms with van der Waals surface area (Å²) in [6.07, 6.45) is -4.72. The molecule has 3 rings (SSSR count). The summed E-state index contributed by atoms with van der Waals surface area (Å²) in [6.45, 7) is 1.70. The van der Waals surface area contributed by atoms with E-state index < -0.39 is 17.9 Å². The average Bonchev–Trinajstić information content (AvgIpc) is 2.96. The molecule has 4 nitrogen and oxygen atoms in total. The van der Waals surface area contributed by atoms with Crippen molar-refractivity contribution >= 4 is 0 Å². The van der Waals surface area contributed by atoms with Crippen LogP contribution in [0.25, 0.3) is 11.4 Å². The van der Waals surface area contributed by atoms with Crippen LogP contribution in [-0.2, 0) is 6.18 Å². The summed E-state index contributed by atoms with van der Waals surface area (Å²) >= 11 is 0. The van der Waals surface area contributed by atoms with Gasteiger partial charge in [0.25, 0.3) is 0 Å². The molecular formula is C16H9F4N2O2. The van der Waals surface area contributed by atoms with Gasteiger partial charge in [-0.2, -0.15) is 18.2 Å². The number of hydrogen-bond donors (Lipinski definition) is 0. The van der Waals surface area contributed by atoms with Crippen molar-refractivity contribution in [3.05, 3.63) is 59.7 Å². The highest BCUT2D eigenvalue weighted by atomic mass is 19.4. The minimum Gasteiger partial charge on any atom is -0.457 e. The van der Waals surface area contributed by atoms with Gasteiger partial charge < -0.3 is 9.26 Å². The van der Waals surface area contributed by atoms with Gasteiger partial charge in [-0.15, -0.1) is 0 Å². The molecule has 24 heavy (non-hydrogen) atoms. The smallest absolute Gasteiger partial charge is 0.457 e. The lowest BCUT2D eigenvalue weighted by molar-refractivity contribution is -0.159. The van der Waals surface area contributed by atoms with Gasteiger partial charge in [0.15, 0.2) is 0 Å². The Bertz CT molecular complexity index is 854. The van der Waals surface area contributed by atoms with Crippen molar-refractivity contribution in [1.29, 1.82) is 0 Å². The van der Waals surface area contributed by atoms with E-state index in [1.54, 1.807) is 13.0 Å². The van der Waals surface area contributed by atoms with E-state index in [0.29, 0.717) is 5.56 Å². The molecule has 0 unspecified atom stereocenters. The van der Waals surface area contributed by atoms with Crippen molar-refractivity contribution in [3.63, 3.8) is 0 Å². The molecular weight excluding hydrogens is 328 g/mol. The van der Waals surface area contributed by atoms with Crippen molar-refractivity contribution < 1.29 is 26.8 Å². The third-order valence-corrected chi connectivity index (χ3v) is 2.95. The van der Waals surface area contributed by atoms with E-state index in [4.69, 9.17) is 4.74 Å². The SMILES string of the molecule is Cc1cc(F)cc(Oc2[c]ccc(-c3noc(C(F)(F)F)n3)c2)c1.